The summed E-state index contributed by atoms with van der Waals surface area (Å²) in [5.74, 6) is 1.92. The summed E-state index contributed by atoms with van der Waals surface area (Å²) >= 11 is 3.53. The second-order valence-electron chi connectivity index (χ2n) is 6.95. The predicted molar refractivity (Wildman–Crippen MR) is 109 cm³/mol. The molecular formula is C19H23BrN6O. The van der Waals surface area contributed by atoms with Gasteiger partial charge in [0.05, 0.1) is 10.7 Å². The molecule has 1 saturated carbocycles. The van der Waals surface area contributed by atoms with Crippen LogP contribution in [0.4, 0.5) is 11.6 Å². The predicted octanol–water partition coefficient (Wildman–Crippen LogP) is 3.46. The molecule has 2 atom stereocenters. The number of hydrogen-bond donors (Lipinski definition) is 3. The molecule has 3 aromatic rings. The van der Waals surface area contributed by atoms with Crippen molar-refractivity contribution in [1.82, 2.24) is 19.6 Å². The molecule has 142 valence electrons. The SMILES string of the molecule is OCC1CCCCC1Nc1cc(NCc2cccnc2)n2ncc(Br)c2n1. The molecule has 0 bridgehead atoms. The van der Waals surface area contributed by atoms with E-state index in [0.29, 0.717) is 6.54 Å². The molecule has 3 N–H and O–H groups in total. The molecule has 0 saturated heterocycles. The monoisotopic (exact) mass is 430 g/mol. The lowest BCUT2D eigenvalue weighted by Gasteiger charge is -2.31. The van der Waals surface area contributed by atoms with Crippen LogP contribution in [0.25, 0.3) is 5.65 Å². The van der Waals surface area contributed by atoms with Gasteiger partial charge in [-0.05, 0) is 40.4 Å². The highest BCUT2D eigenvalue weighted by Crippen LogP contribution is 2.28. The second-order valence-corrected chi connectivity index (χ2v) is 7.80. The van der Waals surface area contributed by atoms with Crippen molar-refractivity contribution < 1.29 is 5.11 Å². The fourth-order valence-corrected chi connectivity index (χ4v) is 3.99. The van der Waals surface area contributed by atoms with Gasteiger partial charge in [0.25, 0.3) is 0 Å². The maximum Gasteiger partial charge on any atom is 0.173 e. The van der Waals surface area contributed by atoms with E-state index < -0.39 is 0 Å². The van der Waals surface area contributed by atoms with Crippen LogP contribution in [0, 0.1) is 5.92 Å². The van der Waals surface area contributed by atoms with E-state index in [0.717, 1.165) is 40.2 Å². The van der Waals surface area contributed by atoms with Crippen LogP contribution in [0.1, 0.15) is 31.2 Å². The molecule has 0 aromatic carbocycles. The van der Waals surface area contributed by atoms with E-state index in [2.05, 4.69) is 36.6 Å². The quantitative estimate of drug-likeness (QED) is 0.554. The van der Waals surface area contributed by atoms with Crippen LogP contribution in [-0.2, 0) is 6.54 Å². The van der Waals surface area contributed by atoms with E-state index in [9.17, 15) is 5.11 Å². The average molecular weight is 431 g/mol. The van der Waals surface area contributed by atoms with Crippen LogP contribution >= 0.6 is 15.9 Å². The van der Waals surface area contributed by atoms with Gasteiger partial charge >= 0.3 is 0 Å². The Morgan fingerprint density at radius 1 is 1.26 bits per heavy atom. The molecule has 3 heterocycles. The number of aliphatic hydroxyl groups is 1. The molecule has 7 nitrogen and oxygen atoms in total. The van der Waals surface area contributed by atoms with E-state index in [1.54, 1.807) is 16.9 Å². The molecule has 1 aliphatic carbocycles. The van der Waals surface area contributed by atoms with Crippen LogP contribution in [0.5, 0.6) is 0 Å². The van der Waals surface area contributed by atoms with Gasteiger partial charge in [0, 0.05) is 43.6 Å². The van der Waals surface area contributed by atoms with Crippen LogP contribution in [0.3, 0.4) is 0 Å². The maximum absolute atomic E-state index is 9.69. The molecule has 0 radical (unpaired) electrons. The van der Waals surface area contributed by atoms with Crippen molar-refractivity contribution in [2.75, 3.05) is 17.2 Å². The number of halogens is 1. The van der Waals surface area contributed by atoms with Crippen LogP contribution in [-0.4, -0.2) is 37.3 Å². The summed E-state index contributed by atoms with van der Waals surface area (Å²) in [5, 5.41) is 21.1. The zero-order valence-corrected chi connectivity index (χ0v) is 16.6. The fourth-order valence-electron chi connectivity index (χ4n) is 3.64. The maximum atomic E-state index is 9.69. The highest BCUT2D eigenvalue weighted by atomic mass is 79.9. The Morgan fingerprint density at radius 3 is 2.96 bits per heavy atom. The van der Waals surface area contributed by atoms with Crippen LogP contribution in [0.15, 0.2) is 41.3 Å². The Hall–Kier alpha value is -2.19. The van der Waals surface area contributed by atoms with Gasteiger partial charge in [-0.25, -0.2) is 4.98 Å². The highest BCUT2D eigenvalue weighted by Gasteiger charge is 2.25. The van der Waals surface area contributed by atoms with Crippen molar-refractivity contribution in [1.29, 1.82) is 0 Å². The number of rotatable bonds is 6. The smallest absolute Gasteiger partial charge is 0.173 e. The Balaban J connectivity index is 1.60. The van der Waals surface area contributed by atoms with Crippen molar-refractivity contribution >= 4 is 33.2 Å². The Bertz CT molecular complexity index is 900. The fraction of sp³-hybridized carbons (Fsp3) is 0.421. The first kappa shape index (κ1) is 18.2. The standard InChI is InChI=1S/C19H23BrN6O/c20-15-11-23-26-18(22-10-13-4-3-7-21-9-13)8-17(25-19(15)26)24-16-6-2-1-5-14(16)12-27/h3-4,7-9,11,14,16,22,27H,1-2,5-6,10,12H2,(H,24,25). The summed E-state index contributed by atoms with van der Waals surface area (Å²) in [7, 11) is 0. The summed E-state index contributed by atoms with van der Waals surface area (Å²) in [5.41, 5.74) is 1.85. The molecule has 27 heavy (non-hydrogen) atoms. The summed E-state index contributed by atoms with van der Waals surface area (Å²) in [6, 6.07) is 6.18. The molecule has 1 fully saturated rings. The number of anilines is 2. The topological polar surface area (TPSA) is 87.4 Å². The minimum absolute atomic E-state index is 0.211. The first-order chi connectivity index (χ1) is 13.2. The van der Waals surface area contributed by atoms with Crippen LogP contribution in [0.2, 0.25) is 0 Å². The van der Waals surface area contributed by atoms with E-state index in [1.165, 1.54) is 12.8 Å². The summed E-state index contributed by atoms with van der Waals surface area (Å²) in [4.78, 5) is 8.88. The largest absolute Gasteiger partial charge is 0.396 e. The molecular weight excluding hydrogens is 408 g/mol. The van der Waals surface area contributed by atoms with Crippen molar-refractivity contribution in [2.24, 2.45) is 5.92 Å². The summed E-state index contributed by atoms with van der Waals surface area (Å²) < 4.78 is 2.63. The third kappa shape index (κ3) is 4.06. The molecule has 2 unspecified atom stereocenters. The Morgan fingerprint density at radius 2 is 2.15 bits per heavy atom. The van der Waals surface area contributed by atoms with E-state index in [1.807, 2.05) is 24.4 Å². The second kappa shape index (κ2) is 8.22. The first-order valence-corrected chi connectivity index (χ1v) is 10.1. The third-order valence-corrected chi connectivity index (χ3v) is 5.66. The minimum atomic E-state index is 0.211. The number of aliphatic hydroxyl groups excluding tert-OH is 1. The Kier molecular flexibility index (Phi) is 5.54. The lowest BCUT2D eigenvalue weighted by Crippen LogP contribution is -2.34. The lowest BCUT2D eigenvalue weighted by atomic mass is 9.85. The summed E-state index contributed by atoms with van der Waals surface area (Å²) in [6.45, 7) is 0.856. The molecule has 8 heteroatoms. The normalized spacial score (nSPS) is 19.9. The molecule has 3 aromatic heterocycles. The zero-order valence-electron chi connectivity index (χ0n) is 15.0. The highest BCUT2D eigenvalue weighted by molar-refractivity contribution is 9.10. The van der Waals surface area contributed by atoms with E-state index >= 15 is 0 Å². The molecule has 0 amide bonds. The van der Waals surface area contributed by atoms with Gasteiger partial charge in [-0.3, -0.25) is 4.98 Å². The molecule has 1 aliphatic rings. The van der Waals surface area contributed by atoms with Gasteiger partial charge in [0.15, 0.2) is 5.65 Å². The Labute approximate surface area is 166 Å². The van der Waals surface area contributed by atoms with Gasteiger partial charge in [0.2, 0.25) is 0 Å². The number of aromatic nitrogens is 4. The van der Waals surface area contributed by atoms with Gasteiger partial charge in [-0.15, -0.1) is 0 Å². The zero-order chi connectivity index (χ0) is 18.6. The molecule has 0 spiro atoms. The van der Waals surface area contributed by atoms with Crippen molar-refractivity contribution in [2.45, 2.75) is 38.3 Å². The number of fused-ring (bicyclic) bond motifs is 1. The number of nitrogens with zero attached hydrogens (tertiary/aromatic N) is 4. The van der Waals surface area contributed by atoms with Gasteiger partial charge in [0.1, 0.15) is 11.6 Å². The van der Waals surface area contributed by atoms with Crippen molar-refractivity contribution in [3.8, 4) is 0 Å². The molecule has 4 rings (SSSR count). The number of nitrogens with one attached hydrogen (secondary N) is 2. The minimum Gasteiger partial charge on any atom is -0.396 e. The number of pyridine rings is 1. The van der Waals surface area contributed by atoms with Crippen molar-refractivity contribution in [3.05, 3.63) is 46.8 Å². The van der Waals surface area contributed by atoms with Gasteiger partial charge in [-0.2, -0.15) is 9.61 Å². The van der Waals surface area contributed by atoms with Crippen molar-refractivity contribution in [3.63, 3.8) is 0 Å². The number of hydrogen-bond acceptors (Lipinski definition) is 6. The summed E-state index contributed by atoms with van der Waals surface area (Å²) in [6.07, 6.45) is 9.83. The van der Waals surface area contributed by atoms with Gasteiger partial charge in [-0.1, -0.05) is 18.9 Å². The van der Waals surface area contributed by atoms with Crippen LogP contribution < -0.4 is 10.6 Å². The lowest BCUT2D eigenvalue weighted by molar-refractivity contribution is 0.178. The third-order valence-electron chi connectivity index (χ3n) is 5.10. The average Bonchev–Trinajstić information content (AvgIpc) is 3.08. The molecule has 0 aliphatic heterocycles. The van der Waals surface area contributed by atoms with E-state index in [-0.39, 0.29) is 18.6 Å². The first-order valence-electron chi connectivity index (χ1n) is 9.29. The van der Waals surface area contributed by atoms with E-state index in [4.69, 9.17) is 4.98 Å². The van der Waals surface area contributed by atoms with Gasteiger partial charge < -0.3 is 15.7 Å².